The SMILES string of the molecule is Cc1noc(COc2ccc(CNC(C)(C)C)cc2)n1. The van der Waals surface area contributed by atoms with Crippen LogP contribution in [-0.2, 0) is 13.2 Å². The first kappa shape index (κ1) is 14.5. The van der Waals surface area contributed by atoms with Gasteiger partial charge in [-0.3, -0.25) is 0 Å². The number of hydrogen-bond donors (Lipinski definition) is 1. The van der Waals surface area contributed by atoms with Gasteiger partial charge in [0.25, 0.3) is 5.89 Å². The van der Waals surface area contributed by atoms with Crippen LogP contribution in [0.15, 0.2) is 28.8 Å². The summed E-state index contributed by atoms with van der Waals surface area (Å²) in [5.74, 6) is 1.90. The van der Waals surface area contributed by atoms with Gasteiger partial charge in [0.05, 0.1) is 0 Å². The fourth-order valence-electron chi connectivity index (χ4n) is 1.61. The molecular formula is C15H21N3O2. The Morgan fingerprint density at radius 1 is 1.20 bits per heavy atom. The lowest BCUT2D eigenvalue weighted by molar-refractivity contribution is 0.242. The van der Waals surface area contributed by atoms with Gasteiger partial charge >= 0.3 is 0 Å². The maximum absolute atomic E-state index is 5.59. The third-order valence-corrected chi connectivity index (χ3v) is 2.68. The monoisotopic (exact) mass is 275 g/mol. The Kier molecular flexibility index (Phi) is 4.39. The molecule has 0 spiro atoms. The molecule has 1 aromatic heterocycles. The zero-order valence-corrected chi connectivity index (χ0v) is 12.4. The summed E-state index contributed by atoms with van der Waals surface area (Å²) in [7, 11) is 0. The molecule has 20 heavy (non-hydrogen) atoms. The smallest absolute Gasteiger partial charge is 0.264 e. The Hall–Kier alpha value is -1.88. The highest BCUT2D eigenvalue weighted by molar-refractivity contribution is 5.27. The minimum Gasteiger partial charge on any atom is -0.484 e. The largest absolute Gasteiger partial charge is 0.484 e. The van der Waals surface area contributed by atoms with E-state index in [0.717, 1.165) is 12.3 Å². The Labute approximate surface area is 119 Å². The Bertz CT molecular complexity index is 541. The summed E-state index contributed by atoms with van der Waals surface area (Å²) < 4.78 is 10.6. The molecule has 5 heteroatoms. The summed E-state index contributed by atoms with van der Waals surface area (Å²) in [5, 5.41) is 7.16. The van der Waals surface area contributed by atoms with Crippen LogP contribution in [0.4, 0.5) is 0 Å². The minimum atomic E-state index is 0.116. The molecule has 1 heterocycles. The number of aryl methyl sites for hydroxylation is 1. The van der Waals surface area contributed by atoms with Crippen molar-refractivity contribution in [3.8, 4) is 5.75 Å². The van der Waals surface area contributed by atoms with Crippen LogP contribution in [0.2, 0.25) is 0 Å². The van der Waals surface area contributed by atoms with Gasteiger partial charge in [0.2, 0.25) is 0 Å². The number of rotatable bonds is 5. The third kappa shape index (κ3) is 4.66. The lowest BCUT2D eigenvalue weighted by atomic mass is 10.1. The molecule has 0 radical (unpaired) electrons. The average Bonchev–Trinajstić information content (AvgIpc) is 2.80. The van der Waals surface area contributed by atoms with Crippen molar-refractivity contribution in [1.29, 1.82) is 0 Å². The second kappa shape index (κ2) is 6.05. The molecule has 0 aliphatic rings. The van der Waals surface area contributed by atoms with Gasteiger partial charge < -0.3 is 14.6 Å². The maximum Gasteiger partial charge on any atom is 0.264 e. The summed E-state index contributed by atoms with van der Waals surface area (Å²) >= 11 is 0. The van der Waals surface area contributed by atoms with E-state index in [-0.39, 0.29) is 5.54 Å². The van der Waals surface area contributed by atoms with Crippen molar-refractivity contribution in [2.75, 3.05) is 0 Å². The number of hydrogen-bond acceptors (Lipinski definition) is 5. The topological polar surface area (TPSA) is 60.2 Å². The van der Waals surface area contributed by atoms with Crippen molar-refractivity contribution in [2.24, 2.45) is 0 Å². The first-order valence-corrected chi connectivity index (χ1v) is 6.68. The normalized spacial score (nSPS) is 11.6. The number of benzene rings is 1. The van der Waals surface area contributed by atoms with Gasteiger partial charge in [-0.15, -0.1) is 0 Å². The number of ether oxygens (including phenoxy) is 1. The van der Waals surface area contributed by atoms with Gasteiger partial charge in [-0.25, -0.2) is 0 Å². The van der Waals surface area contributed by atoms with E-state index >= 15 is 0 Å². The Morgan fingerprint density at radius 3 is 2.45 bits per heavy atom. The van der Waals surface area contributed by atoms with Crippen LogP contribution < -0.4 is 10.1 Å². The molecule has 0 saturated carbocycles. The van der Waals surface area contributed by atoms with Crippen molar-refractivity contribution in [3.05, 3.63) is 41.5 Å². The zero-order chi connectivity index (χ0) is 14.6. The summed E-state index contributed by atoms with van der Waals surface area (Å²) in [6, 6.07) is 7.99. The van der Waals surface area contributed by atoms with E-state index in [9.17, 15) is 0 Å². The summed E-state index contributed by atoms with van der Waals surface area (Å²) in [5.41, 5.74) is 1.34. The highest BCUT2D eigenvalue weighted by Gasteiger charge is 2.08. The van der Waals surface area contributed by atoms with Gasteiger partial charge in [-0.2, -0.15) is 4.98 Å². The van der Waals surface area contributed by atoms with Gasteiger partial charge in [-0.05, 0) is 45.4 Å². The van der Waals surface area contributed by atoms with E-state index in [2.05, 4.69) is 36.2 Å². The Morgan fingerprint density at radius 2 is 1.90 bits per heavy atom. The van der Waals surface area contributed by atoms with Gasteiger partial charge in [0.1, 0.15) is 5.75 Å². The predicted octanol–water partition coefficient (Wildman–Crippen LogP) is 2.85. The fraction of sp³-hybridized carbons (Fsp3) is 0.467. The molecule has 0 fully saturated rings. The Balaban J connectivity index is 1.85. The van der Waals surface area contributed by atoms with Crippen LogP contribution in [0.1, 0.15) is 38.0 Å². The van der Waals surface area contributed by atoms with Crippen LogP contribution in [-0.4, -0.2) is 15.7 Å². The highest BCUT2D eigenvalue weighted by atomic mass is 16.5. The zero-order valence-electron chi connectivity index (χ0n) is 12.4. The van der Waals surface area contributed by atoms with E-state index in [1.165, 1.54) is 5.56 Å². The maximum atomic E-state index is 5.59. The van der Waals surface area contributed by atoms with Crippen molar-refractivity contribution in [3.63, 3.8) is 0 Å². The molecular weight excluding hydrogens is 254 g/mol. The molecule has 1 N–H and O–H groups in total. The van der Waals surface area contributed by atoms with Crippen molar-refractivity contribution >= 4 is 0 Å². The molecule has 0 saturated heterocycles. The van der Waals surface area contributed by atoms with Crippen LogP contribution in [0.25, 0.3) is 0 Å². The lowest BCUT2D eigenvalue weighted by Gasteiger charge is -2.20. The molecule has 0 bridgehead atoms. The first-order chi connectivity index (χ1) is 9.42. The van der Waals surface area contributed by atoms with Gasteiger partial charge in [0.15, 0.2) is 12.4 Å². The quantitative estimate of drug-likeness (QED) is 0.909. The van der Waals surface area contributed by atoms with E-state index in [1.54, 1.807) is 6.92 Å². The molecule has 0 unspecified atom stereocenters. The second-order valence-electron chi connectivity index (χ2n) is 5.77. The molecule has 0 atom stereocenters. The standard InChI is InChI=1S/C15H21N3O2/c1-11-17-14(20-18-11)10-19-13-7-5-12(6-8-13)9-16-15(2,3)4/h5-8,16H,9-10H2,1-4H3. The van der Waals surface area contributed by atoms with Crippen LogP contribution in [0, 0.1) is 6.92 Å². The molecule has 2 aromatic rings. The lowest BCUT2D eigenvalue weighted by Crippen LogP contribution is -2.34. The summed E-state index contributed by atoms with van der Waals surface area (Å²) in [4.78, 5) is 4.09. The van der Waals surface area contributed by atoms with Crippen molar-refractivity contribution in [2.45, 2.75) is 46.4 Å². The summed E-state index contributed by atoms with van der Waals surface area (Å²) in [6.45, 7) is 9.36. The average molecular weight is 275 g/mol. The first-order valence-electron chi connectivity index (χ1n) is 6.68. The molecule has 108 valence electrons. The molecule has 2 rings (SSSR count). The van der Waals surface area contributed by atoms with E-state index in [1.807, 2.05) is 24.3 Å². The van der Waals surface area contributed by atoms with Crippen LogP contribution in [0.5, 0.6) is 5.75 Å². The van der Waals surface area contributed by atoms with Crippen LogP contribution in [0.3, 0.4) is 0 Å². The molecule has 0 amide bonds. The molecule has 1 aromatic carbocycles. The number of aromatic nitrogens is 2. The minimum absolute atomic E-state index is 0.116. The third-order valence-electron chi connectivity index (χ3n) is 2.68. The van der Waals surface area contributed by atoms with E-state index in [0.29, 0.717) is 18.3 Å². The highest BCUT2D eigenvalue weighted by Crippen LogP contribution is 2.14. The fourth-order valence-corrected chi connectivity index (χ4v) is 1.61. The van der Waals surface area contributed by atoms with E-state index in [4.69, 9.17) is 9.26 Å². The summed E-state index contributed by atoms with van der Waals surface area (Å²) in [6.07, 6.45) is 0. The van der Waals surface area contributed by atoms with Crippen molar-refractivity contribution < 1.29 is 9.26 Å². The molecule has 0 aliphatic heterocycles. The van der Waals surface area contributed by atoms with Gasteiger partial charge in [0, 0.05) is 12.1 Å². The van der Waals surface area contributed by atoms with E-state index < -0.39 is 0 Å². The van der Waals surface area contributed by atoms with Crippen LogP contribution >= 0.6 is 0 Å². The number of nitrogens with one attached hydrogen (secondary N) is 1. The second-order valence-corrected chi connectivity index (χ2v) is 5.77. The number of nitrogens with zero attached hydrogens (tertiary/aromatic N) is 2. The van der Waals surface area contributed by atoms with Gasteiger partial charge in [-0.1, -0.05) is 17.3 Å². The molecule has 5 nitrogen and oxygen atoms in total. The van der Waals surface area contributed by atoms with Crippen molar-refractivity contribution in [1.82, 2.24) is 15.5 Å². The predicted molar refractivity (Wildman–Crippen MR) is 76.4 cm³/mol. The molecule has 0 aliphatic carbocycles.